The first-order valence-corrected chi connectivity index (χ1v) is 6.29. The molecule has 3 nitrogen and oxygen atoms in total. The Kier molecular flexibility index (Phi) is 4.27. The smallest absolute Gasteiger partial charge is 0.126 e. The highest BCUT2D eigenvalue weighted by atomic mass is 19.1. The largest absolute Gasteiger partial charge is 0.309 e. The Hall–Kier alpha value is -1.75. The first-order valence-electron chi connectivity index (χ1n) is 6.29. The van der Waals surface area contributed by atoms with Gasteiger partial charge in [0.2, 0.25) is 0 Å². The predicted molar refractivity (Wildman–Crippen MR) is 69.8 cm³/mol. The summed E-state index contributed by atoms with van der Waals surface area (Å²) in [4.78, 5) is 0. The molecule has 0 aliphatic carbocycles. The topological polar surface area (TPSA) is 29.9 Å². The standard InChI is InChI=1S/C14H17F2N3/c1-3-4-19-9-11(8-18-19)14(17-2)10-5-12(15)7-13(16)6-10/h5-9,14,17H,3-4H2,1-2H3. The number of halogens is 2. The molecule has 5 heteroatoms. The van der Waals surface area contributed by atoms with Crippen LogP contribution in [-0.4, -0.2) is 16.8 Å². The van der Waals surface area contributed by atoms with E-state index < -0.39 is 11.6 Å². The van der Waals surface area contributed by atoms with Gasteiger partial charge in [-0.1, -0.05) is 6.92 Å². The van der Waals surface area contributed by atoms with E-state index in [9.17, 15) is 8.78 Å². The van der Waals surface area contributed by atoms with Gasteiger partial charge < -0.3 is 5.32 Å². The molecule has 1 N–H and O–H groups in total. The summed E-state index contributed by atoms with van der Waals surface area (Å²) < 4.78 is 28.4. The molecule has 0 aliphatic heterocycles. The average Bonchev–Trinajstić information content (AvgIpc) is 2.78. The third-order valence-corrected chi connectivity index (χ3v) is 2.95. The van der Waals surface area contributed by atoms with E-state index in [0.29, 0.717) is 5.56 Å². The second-order valence-corrected chi connectivity index (χ2v) is 4.46. The van der Waals surface area contributed by atoms with Gasteiger partial charge in [0.25, 0.3) is 0 Å². The average molecular weight is 265 g/mol. The SMILES string of the molecule is CCCn1cc(C(NC)c2cc(F)cc(F)c2)cn1. The van der Waals surface area contributed by atoms with Gasteiger partial charge in [-0.3, -0.25) is 4.68 Å². The Labute approximate surface area is 111 Å². The molecule has 0 aliphatic rings. The van der Waals surface area contributed by atoms with Crippen molar-refractivity contribution >= 4 is 0 Å². The molecule has 0 amide bonds. The number of aryl methyl sites for hydroxylation is 1. The lowest BCUT2D eigenvalue weighted by Crippen LogP contribution is -2.17. The summed E-state index contributed by atoms with van der Waals surface area (Å²) in [5.41, 5.74) is 1.44. The Morgan fingerprint density at radius 2 is 1.89 bits per heavy atom. The molecule has 0 saturated heterocycles. The van der Waals surface area contributed by atoms with Gasteiger partial charge >= 0.3 is 0 Å². The Morgan fingerprint density at radius 3 is 2.47 bits per heavy atom. The quantitative estimate of drug-likeness (QED) is 0.901. The van der Waals surface area contributed by atoms with E-state index in [4.69, 9.17) is 0 Å². The van der Waals surface area contributed by atoms with Gasteiger partial charge in [0.1, 0.15) is 11.6 Å². The van der Waals surface area contributed by atoms with Gasteiger partial charge in [0.15, 0.2) is 0 Å². The summed E-state index contributed by atoms with van der Waals surface area (Å²) in [5.74, 6) is -1.15. The normalized spacial score (nSPS) is 12.6. The van der Waals surface area contributed by atoms with Crippen molar-refractivity contribution in [3.8, 4) is 0 Å². The van der Waals surface area contributed by atoms with Gasteiger partial charge in [-0.2, -0.15) is 5.10 Å². The van der Waals surface area contributed by atoms with E-state index in [1.165, 1.54) is 12.1 Å². The third-order valence-electron chi connectivity index (χ3n) is 2.95. The Morgan fingerprint density at radius 1 is 1.21 bits per heavy atom. The fraction of sp³-hybridized carbons (Fsp3) is 0.357. The fourth-order valence-corrected chi connectivity index (χ4v) is 2.15. The second kappa shape index (κ2) is 5.93. The highest BCUT2D eigenvalue weighted by Gasteiger charge is 2.15. The molecular formula is C14H17F2N3. The zero-order valence-corrected chi connectivity index (χ0v) is 11.0. The van der Waals surface area contributed by atoms with Crippen molar-refractivity contribution in [1.82, 2.24) is 15.1 Å². The predicted octanol–water partition coefficient (Wildman–Crippen LogP) is 2.88. The maximum atomic E-state index is 13.3. The van der Waals surface area contributed by atoms with Crippen LogP contribution in [0.3, 0.4) is 0 Å². The molecular weight excluding hydrogens is 248 g/mol. The van der Waals surface area contributed by atoms with Crippen LogP contribution in [0.15, 0.2) is 30.6 Å². The minimum atomic E-state index is -0.573. The van der Waals surface area contributed by atoms with Gasteiger partial charge in [0, 0.05) is 24.4 Å². The van der Waals surface area contributed by atoms with Crippen LogP contribution in [0.1, 0.15) is 30.5 Å². The highest BCUT2D eigenvalue weighted by molar-refractivity contribution is 5.30. The lowest BCUT2D eigenvalue weighted by atomic mass is 10.0. The molecule has 1 aromatic carbocycles. The molecule has 2 rings (SSSR count). The minimum absolute atomic E-state index is 0.268. The van der Waals surface area contributed by atoms with Gasteiger partial charge in [0.05, 0.1) is 12.2 Å². The number of hydrogen-bond donors (Lipinski definition) is 1. The zero-order valence-electron chi connectivity index (χ0n) is 11.0. The van der Waals surface area contributed by atoms with E-state index in [1.807, 2.05) is 10.9 Å². The van der Waals surface area contributed by atoms with Crippen molar-refractivity contribution in [1.29, 1.82) is 0 Å². The molecule has 1 atom stereocenters. The second-order valence-electron chi connectivity index (χ2n) is 4.46. The first-order chi connectivity index (χ1) is 9.13. The van der Waals surface area contributed by atoms with Gasteiger partial charge in [-0.15, -0.1) is 0 Å². The van der Waals surface area contributed by atoms with Crippen molar-refractivity contribution in [3.05, 3.63) is 53.4 Å². The molecule has 0 spiro atoms. The third kappa shape index (κ3) is 3.17. The van der Waals surface area contributed by atoms with E-state index >= 15 is 0 Å². The van der Waals surface area contributed by atoms with E-state index in [0.717, 1.165) is 24.6 Å². The van der Waals surface area contributed by atoms with Crippen LogP contribution in [0, 0.1) is 11.6 Å². The highest BCUT2D eigenvalue weighted by Crippen LogP contribution is 2.23. The maximum absolute atomic E-state index is 13.3. The molecule has 1 heterocycles. The number of hydrogen-bond acceptors (Lipinski definition) is 2. The Bertz CT molecular complexity index is 531. The van der Waals surface area contributed by atoms with Gasteiger partial charge in [-0.25, -0.2) is 8.78 Å². The summed E-state index contributed by atoms with van der Waals surface area (Å²) in [7, 11) is 1.75. The van der Waals surface area contributed by atoms with Crippen LogP contribution in [0.2, 0.25) is 0 Å². The van der Waals surface area contributed by atoms with Crippen LogP contribution in [-0.2, 0) is 6.54 Å². The summed E-state index contributed by atoms with van der Waals surface area (Å²) >= 11 is 0. The molecule has 1 aromatic heterocycles. The number of benzene rings is 1. The van der Waals surface area contributed by atoms with Crippen molar-refractivity contribution in [2.45, 2.75) is 25.9 Å². The molecule has 0 fully saturated rings. The van der Waals surface area contributed by atoms with Crippen LogP contribution in [0.25, 0.3) is 0 Å². The summed E-state index contributed by atoms with van der Waals surface area (Å²) in [6, 6.07) is 3.27. The van der Waals surface area contributed by atoms with Crippen LogP contribution < -0.4 is 5.32 Å². The zero-order chi connectivity index (χ0) is 13.8. The van der Waals surface area contributed by atoms with Gasteiger partial charge in [-0.05, 0) is 31.2 Å². The monoisotopic (exact) mass is 265 g/mol. The summed E-state index contributed by atoms with van der Waals surface area (Å²) in [6.45, 7) is 2.90. The van der Waals surface area contributed by atoms with Crippen molar-refractivity contribution in [2.24, 2.45) is 0 Å². The van der Waals surface area contributed by atoms with E-state index in [2.05, 4.69) is 17.3 Å². The van der Waals surface area contributed by atoms with Crippen LogP contribution in [0.4, 0.5) is 8.78 Å². The van der Waals surface area contributed by atoms with E-state index in [1.54, 1.807) is 13.2 Å². The number of nitrogens with zero attached hydrogens (tertiary/aromatic N) is 2. The molecule has 19 heavy (non-hydrogen) atoms. The van der Waals surface area contributed by atoms with Crippen molar-refractivity contribution in [2.75, 3.05) is 7.05 Å². The lowest BCUT2D eigenvalue weighted by molar-refractivity contribution is 0.571. The number of nitrogens with one attached hydrogen (secondary N) is 1. The molecule has 0 saturated carbocycles. The Balaban J connectivity index is 2.32. The molecule has 0 bridgehead atoms. The number of aromatic nitrogens is 2. The van der Waals surface area contributed by atoms with E-state index in [-0.39, 0.29) is 6.04 Å². The minimum Gasteiger partial charge on any atom is -0.309 e. The maximum Gasteiger partial charge on any atom is 0.126 e. The molecule has 0 radical (unpaired) electrons. The molecule has 102 valence electrons. The fourth-order valence-electron chi connectivity index (χ4n) is 2.15. The number of rotatable bonds is 5. The van der Waals surface area contributed by atoms with Crippen LogP contribution in [0.5, 0.6) is 0 Å². The lowest BCUT2D eigenvalue weighted by Gasteiger charge is -2.15. The molecule has 1 unspecified atom stereocenters. The first kappa shape index (κ1) is 13.7. The molecule has 2 aromatic rings. The van der Waals surface area contributed by atoms with Crippen molar-refractivity contribution in [3.63, 3.8) is 0 Å². The summed E-state index contributed by atoms with van der Waals surface area (Å²) in [6.07, 6.45) is 4.60. The van der Waals surface area contributed by atoms with Crippen molar-refractivity contribution < 1.29 is 8.78 Å². The summed E-state index contributed by atoms with van der Waals surface area (Å²) in [5, 5.41) is 7.29. The van der Waals surface area contributed by atoms with Crippen LogP contribution >= 0.6 is 0 Å².